The molecule has 2 aromatic carbocycles. The Kier molecular flexibility index (Phi) is 28.4. The number of anilines is 2. The van der Waals surface area contributed by atoms with Crippen molar-refractivity contribution in [2.24, 2.45) is 11.7 Å². The molecule has 1 fully saturated rings. The molecule has 0 bridgehead atoms. The van der Waals surface area contributed by atoms with E-state index in [1.54, 1.807) is 68.4 Å². The van der Waals surface area contributed by atoms with Crippen molar-refractivity contribution >= 4 is 58.6 Å². The monoisotopic (exact) mass is 1300 g/mol. The molecular formula is C62H92N16O15. The van der Waals surface area contributed by atoms with E-state index in [1.165, 1.54) is 0 Å². The first-order chi connectivity index (χ1) is 44.7. The van der Waals surface area contributed by atoms with Crippen LogP contribution in [0, 0.1) is 5.92 Å². The highest BCUT2D eigenvalue weighted by Crippen LogP contribution is 2.30. The van der Waals surface area contributed by atoms with E-state index in [1.807, 2.05) is 12.1 Å². The number of hydroxylamine groups is 1. The molecule has 5 aromatic rings. The lowest BCUT2D eigenvalue weighted by Crippen LogP contribution is -2.54. The van der Waals surface area contributed by atoms with Gasteiger partial charge in [0.1, 0.15) is 35.6 Å². The molecule has 7 amide bonds. The second-order valence-corrected chi connectivity index (χ2v) is 23.9. The number of hydrogen-bond acceptors (Lipinski definition) is 21. The van der Waals surface area contributed by atoms with Crippen LogP contribution in [0.1, 0.15) is 121 Å². The van der Waals surface area contributed by atoms with E-state index in [2.05, 4.69) is 80.4 Å². The number of imidazole rings is 1. The number of urea groups is 1. The number of carbonyl (C=O) groups is 6. The minimum Gasteiger partial charge on any atom is -0.463 e. The molecule has 0 aliphatic carbocycles. The molecule has 0 radical (unpaired) electrons. The fraction of sp³-hybridized carbons (Fsp3) is 0.597. The Balaban J connectivity index is 0.777. The smallest absolute Gasteiger partial charge is 0.431 e. The van der Waals surface area contributed by atoms with Gasteiger partial charge in [-0.25, -0.2) is 19.2 Å². The zero-order chi connectivity index (χ0) is 66.7. The number of piperidine rings is 1. The number of carbonyl (C=O) groups excluding carboxylic acids is 6. The quantitative estimate of drug-likeness (QED) is 0.0206. The summed E-state index contributed by atoms with van der Waals surface area (Å²) >= 11 is 0. The zero-order valence-electron chi connectivity index (χ0n) is 54.2. The number of H-pyrrole nitrogens is 1. The Bertz CT molecular complexity index is 3250. The number of benzene rings is 2. The van der Waals surface area contributed by atoms with E-state index in [0.29, 0.717) is 87.3 Å². The van der Waals surface area contributed by atoms with Gasteiger partial charge in [0.25, 0.3) is 0 Å². The predicted octanol–water partition coefficient (Wildman–Crippen LogP) is 3.98. The normalized spacial score (nSPS) is 14.3. The zero-order valence-corrected chi connectivity index (χ0v) is 54.2. The number of unbranched alkanes of at least 4 members (excludes halogenated alkanes) is 1. The van der Waals surface area contributed by atoms with Crippen molar-refractivity contribution in [3.63, 3.8) is 0 Å². The first-order valence-electron chi connectivity index (χ1n) is 31.7. The number of nitrogen functional groups attached to an aromatic ring is 1. The van der Waals surface area contributed by atoms with Crippen molar-refractivity contribution in [1.82, 2.24) is 65.5 Å². The minimum absolute atomic E-state index is 0.0272. The average molecular weight is 1300 g/mol. The summed E-state index contributed by atoms with van der Waals surface area (Å²) in [6.45, 7) is 17.7. The van der Waals surface area contributed by atoms with E-state index >= 15 is 0 Å². The highest BCUT2D eigenvalue weighted by atomic mass is 16.7. The molecule has 7 rings (SSSR count). The maximum atomic E-state index is 13.8. The Morgan fingerprint density at radius 3 is 2.04 bits per heavy atom. The van der Waals surface area contributed by atoms with Crippen molar-refractivity contribution < 1.29 is 66.8 Å². The van der Waals surface area contributed by atoms with Crippen LogP contribution in [0.2, 0.25) is 0 Å². The predicted molar refractivity (Wildman–Crippen MR) is 340 cm³/mol. The van der Waals surface area contributed by atoms with Crippen LogP contribution in [-0.4, -0.2) is 190 Å². The van der Waals surface area contributed by atoms with Gasteiger partial charge >= 0.3 is 29.9 Å². The number of nitrogens with zero attached hydrogens (tertiary/aromatic N) is 8. The highest BCUT2D eigenvalue weighted by Gasteiger charge is 2.32. The van der Waals surface area contributed by atoms with Crippen molar-refractivity contribution in [2.45, 2.75) is 143 Å². The number of ether oxygens (including phenoxy) is 7. The Hall–Kier alpha value is -8.49. The molecule has 3 aromatic heterocycles. The summed E-state index contributed by atoms with van der Waals surface area (Å²) in [5, 5.41) is 20.0. The number of nitrogens with two attached hydrogens (primary N) is 2. The summed E-state index contributed by atoms with van der Waals surface area (Å²) in [4.78, 5) is 110. The molecule has 10 N–H and O–H groups in total. The molecule has 5 heterocycles. The molecule has 31 nitrogen and oxygen atoms in total. The van der Waals surface area contributed by atoms with E-state index in [9.17, 15) is 33.6 Å². The molecule has 93 heavy (non-hydrogen) atoms. The van der Waals surface area contributed by atoms with E-state index < -0.39 is 53.6 Å². The molecule has 1 saturated heterocycles. The maximum Gasteiger partial charge on any atom is 0.431 e. The Labute approximate surface area is 540 Å². The molecule has 2 aliphatic rings. The largest absolute Gasteiger partial charge is 0.463 e. The van der Waals surface area contributed by atoms with Gasteiger partial charge in [-0.2, -0.15) is 15.4 Å². The number of nitrogens with one attached hydrogen (secondary N) is 6. The fourth-order valence-corrected chi connectivity index (χ4v) is 10.1. The molecule has 0 saturated carbocycles. The number of likely N-dealkylation sites (tertiary alicyclic amines) is 1. The number of rotatable bonds is 37. The molecule has 510 valence electrons. The van der Waals surface area contributed by atoms with Crippen LogP contribution in [0.15, 0.2) is 53.3 Å². The van der Waals surface area contributed by atoms with Crippen molar-refractivity contribution in [3.05, 3.63) is 87.4 Å². The van der Waals surface area contributed by atoms with E-state index in [4.69, 9.17) is 49.5 Å². The average Bonchev–Trinajstić information content (AvgIpc) is 1.67. The maximum absolute atomic E-state index is 13.8. The number of hydrogen-bond donors (Lipinski definition) is 8. The first-order valence-corrected chi connectivity index (χ1v) is 31.7. The number of amides is 7. The van der Waals surface area contributed by atoms with Gasteiger partial charge < -0.3 is 75.4 Å². The van der Waals surface area contributed by atoms with Crippen LogP contribution in [0.25, 0.3) is 11.2 Å². The van der Waals surface area contributed by atoms with Crippen LogP contribution in [-0.2, 0) is 80.4 Å². The van der Waals surface area contributed by atoms with Crippen LogP contribution in [0.5, 0.6) is 6.01 Å². The third-order valence-electron chi connectivity index (χ3n) is 15.0. The third kappa shape index (κ3) is 23.9. The van der Waals surface area contributed by atoms with Crippen LogP contribution >= 0.6 is 0 Å². The second kappa shape index (κ2) is 36.7. The lowest BCUT2D eigenvalue weighted by molar-refractivity contribution is -0.132. The highest BCUT2D eigenvalue weighted by molar-refractivity contribution is 5.98. The summed E-state index contributed by atoms with van der Waals surface area (Å²) in [6, 6.07) is 12.4. The lowest BCUT2D eigenvalue weighted by atomic mass is 9.95. The van der Waals surface area contributed by atoms with Gasteiger partial charge in [-0.3, -0.25) is 33.6 Å². The third-order valence-corrected chi connectivity index (χ3v) is 15.0. The second-order valence-electron chi connectivity index (χ2n) is 23.9. The van der Waals surface area contributed by atoms with Gasteiger partial charge in [-0.1, -0.05) is 63.6 Å². The van der Waals surface area contributed by atoms with Crippen molar-refractivity contribution in [2.75, 3.05) is 103 Å². The van der Waals surface area contributed by atoms with Gasteiger partial charge in [0.2, 0.25) is 17.7 Å². The van der Waals surface area contributed by atoms with Crippen LogP contribution in [0.3, 0.4) is 0 Å². The van der Waals surface area contributed by atoms with Gasteiger partial charge in [0, 0.05) is 44.2 Å². The van der Waals surface area contributed by atoms with Crippen molar-refractivity contribution in [3.8, 4) is 6.01 Å². The molecule has 31 heteroatoms. The van der Waals surface area contributed by atoms with Gasteiger partial charge in [0.15, 0.2) is 17.3 Å². The summed E-state index contributed by atoms with van der Waals surface area (Å²) in [6.07, 6.45) is 2.85. The molecule has 0 unspecified atom stereocenters. The molecular weight excluding hydrogens is 1210 g/mol. The van der Waals surface area contributed by atoms with Crippen LogP contribution < -0.4 is 48.6 Å². The topological polar surface area (TPSA) is 389 Å². The van der Waals surface area contributed by atoms with Gasteiger partial charge in [0.05, 0.1) is 79.2 Å². The lowest BCUT2D eigenvalue weighted by Gasteiger charge is -2.33. The van der Waals surface area contributed by atoms with Crippen LogP contribution in [0.4, 0.5) is 25.9 Å². The van der Waals surface area contributed by atoms with Crippen molar-refractivity contribution in [1.29, 1.82) is 0 Å². The number of aromatic amines is 1. The fourth-order valence-electron chi connectivity index (χ4n) is 10.1. The molecule has 2 atom stereocenters. The standard InChI is InChI=1S/C62H92N16O15/c1-7-8-27-90-58-70-52(63)51-54(71-58)78(59(83)69-51)38-43-13-11-42(12-14-43)37-75-23-19-45(20-24-75)53-73-72-48-39-76(25-26-77(48)53)61(85)91-40-44-15-17-46(18-16-44)66-55(80)47(10-9-22-65-57(64)82)67-56(81)50(41(2)3)68-49(79)21-28-86-29-30-87-31-32-88-33-34-89-35-36-92-74-60(84)93-62(4,5)6/h11-18,41,45,47,50H,7-10,19-40H2,1-6H3,(H,66,80)(H,67,81)(H,68,79)(H,69,83)(H,74,84)(H2,63,70,71)(H3,64,65,82)/t47-,50-/m0/s1. The Morgan fingerprint density at radius 1 is 0.753 bits per heavy atom. The van der Waals surface area contributed by atoms with Gasteiger partial charge in [-0.05, 0) is 101 Å². The van der Waals surface area contributed by atoms with E-state index in [-0.39, 0.29) is 94.9 Å². The number of fused-ring (bicyclic) bond motifs is 2. The number of primary amides is 1. The summed E-state index contributed by atoms with van der Waals surface area (Å²) in [5.74, 6) is 0.142. The molecule has 0 spiro atoms. The minimum atomic E-state index is -1.06. The summed E-state index contributed by atoms with van der Waals surface area (Å²) in [5.41, 5.74) is 16.6. The first kappa shape index (κ1) is 71.9. The van der Waals surface area contributed by atoms with Gasteiger partial charge in [-0.15, -0.1) is 10.2 Å². The summed E-state index contributed by atoms with van der Waals surface area (Å²) in [7, 11) is 0. The SMILES string of the molecule is CCCCOc1nc(N)c2[nH]c(=O)n(Cc3ccc(CN4CCC(c5nnc6n5CCN(C(=O)OCc5ccc(NC(=O)[C@H](CCCNC(N)=O)NC(=O)[C@@H](NC(=O)CCOCCOCCOCCOCCONC(=O)OC(C)(C)C)C(C)C)cc5)C6)CC4)cc3)c2n1. The Morgan fingerprint density at radius 2 is 1.40 bits per heavy atom. The van der Waals surface area contributed by atoms with E-state index in [0.717, 1.165) is 62.3 Å². The number of aromatic nitrogens is 7. The summed E-state index contributed by atoms with van der Waals surface area (Å²) < 4.78 is 42.1. The molecule has 2 aliphatic heterocycles.